The first-order chi connectivity index (χ1) is 13.7. The van der Waals surface area contributed by atoms with Gasteiger partial charge in [0.15, 0.2) is 5.76 Å². The predicted octanol–water partition coefficient (Wildman–Crippen LogP) is 5.86. The summed E-state index contributed by atoms with van der Waals surface area (Å²) in [5.74, 6) is 0.536. The van der Waals surface area contributed by atoms with Crippen LogP contribution in [-0.4, -0.2) is 21.5 Å². The maximum Gasteiger partial charge on any atom is 0.173 e. The highest BCUT2D eigenvalue weighted by Crippen LogP contribution is 2.39. The third kappa shape index (κ3) is 3.69. The molecular weight excluding hydrogens is 392 g/mol. The first kappa shape index (κ1) is 18.7. The number of hydrogen-bond acceptors (Lipinski definition) is 5. The molecule has 2 heterocycles. The van der Waals surface area contributed by atoms with Gasteiger partial charge in [-0.05, 0) is 36.6 Å². The van der Waals surface area contributed by atoms with Crippen LogP contribution in [0.3, 0.4) is 0 Å². The van der Waals surface area contributed by atoms with Crippen LogP contribution in [0.1, 0.15) is 17.2 Å². The van der Waals surface area contributed by atoms with E-state index in [1.807, 2.05) is 48.7 Å². The largest absolute Gasteiger partial charge is 0.383 e. The van der Waals surface area contributed by atoms with E-state index >= 15 is 0 Å². The van der Waals surface area contributed by atoms with Crippen LogP contribution >= 0.6 is 23.4 Å². The zero-order valence-electron chi connectivity index (χ0n) is 15.0. The number of thioether (sulfide) groups is 1. The molecule has 4 nitrogen and oxygen atoms in total. The molecule has 1 atom stereocenters. The van der Waals surface area contributed by atoms with Gasteiger partial charge in [0, 0.05) is 39.0 Å². The quantitative estimate of drug-likeness (QED) is 0.419. The number of nitrogens with zero attached hydrogens (tertiary/aromatic N) is 2. The van der Waals surface area contributed by atoms with Crippen molar-refractivity contribution in [3.63, 3.8) is 0 Å². The van der Waals surface area contributed by atoms with Crippen molar-refractivity contribution in [2.45, 2.75) is 11.0 Å². The topological polar surface area (TPSA) is 59.2 Å². The Kier molecular flexibility index (Phi) is 5.48. The van der Waals surface area contributed by atoms with Gasteiger partial charge in [-0.25, -0.2) is 0 Å². The Morgan fingerprint density at radius 2 is 1.71 bits per heavy atom. The van der Waals surface area contributed by atoms with Gasteiger partial charge in [0.2, 0.25) is 0 Å². The van der Waals surface area contributed by atoms with Crippen molar-refractivity contribution in [3.8, 4) is 22.6 Å². The summed E-state index contributed by atoms with van der Waals surface area (Å²) in [4.78, 5) is 5.27. The lowest BCUT2D eigenvalue weighted by atomic mass is 9.95. The van der Waals surface area contributed by atoms with Gasteiger partial charge in [-0.3, -0.25) is 4.98 Å². The second-order valence-electron chi connectivity index (χ2n) is 6.20. The van der Waals surface area contributed by atoms with Crippen molar-refractivity contribution in [3.05, 3.63) is 89.2 Å². The average Bonchev–Trinajstić information content (AvgIpc) is 3.19. The fourth-order valence-corrected chi connectivity index (χ4v) is 3.56. The molecule has 0 amide bonds. The molecule has 2 aromatic heterocycles. The first-order valence-corrected chi connectivity index (χ1v) is 10.3. The molecule has 0 saturated heterocycles. The minimum absolute atomic E-state index is 0.536. The highest BCUT2D eigenvalue weighted by atomic mass is 35.5. The van der Waals surface area contributed by atoms with Crippen molar-refractivity contribution in [2.75, 3.05) is 6.26 Å². The zero-order chi connectivity index (χ0) is 19.5. The highest BCUT2D eigenvalue weighted by molar-refractivity contribution is 7.98. The molecule has 28 heavy (non-hydrogen) atoms. The molecule has 0 aliphatic rings. The van der Waals surface area contributed by atoms with Crippen LogP contribution in [0.5, 0.6) is 0 Å². The van der Waals surface area contributed by atoms with Gasteiger partial charge in [0.05, 0.1) is 5.56 Å². The van der Waals surface area contributed by atoms with Crippen LogP contribution in [0.25, 0.3) is 22.6 Å². The average molecular weight is 409 g/mol. The molecule has 0 spiro atoms. The molecule has 4 aromatic rings. The highest BCUT2D eigenvalue weighted by Gasteiger charge is 2.26. The lowest BCUT2D eigenvalue weighted by Crippen LogP contribution is -2.02. The summed E-state index contributed by atoms with van der Waals surface area (Å²) >= 11 is 7.69. The van der Waals surface area contributed by atoms with Crippen molar-refractivity contribution < 1.29 is 9.63 Å². The van der Waals surface area contributed by atoms with Crippen LogP contribution < -0.4 is 0 Å². The van der Waals surface area contributed by atoms with Crippen molar-refractivity contribution in [1.82, 2.24) is 10.1 Å². The molecule has 0 bridgehead atoms. The lowest BCUT2D eigenvalue weighted by Gasteiger charge is -2.13. The smallest absolute Gasteiger partial charge is 0.173 e. The molecular formula is C22H17ClN2O2S. The zero-order valence-corrected chi connectivity index (χ0v) is 16.6. The Hall–Kier alpha value is -2.60. The molecule has 2 aromatic carbocycles. The molecule has 1 unspecified atom stereocenters. The van der Waals surface area contributed by atoms with E-state index in [-0.39, 0.29) is 0 Å². The van der Waals surface area contributed by atoms with Crippen molar-refractivity contribution in [1.29, 1.82) is 0 Å². The van der Waals surface area contributed by atoms with Gasteiger partial charge in [-0.2, -0.15) is 0 Å². The molecule has 4 rings (SSSR count). The molecule has 0 aliphatic carbocycles. The van der Waals surface area contributed by atoms with Crippen LogP contribution in [0.2, 0.25) is 5.02 Å². The SMILES string of the molecule is CSc1ccc(-c2onc(-c3ccc(Cl)cc3)c2C(O)c2cccnc2)cc1. The van der Waals surface area contributed by atoms with Gasteiger partial charge in [-0.1, -0.05) is 47.1 Å². The van der Waals surface area contributed by atoms with Gasteiger partial charge in [0.1, 0.15) is 11.8 Å². The molecule has 140 valence electrons. The molecule has 0 radical (unpaired) electrons. The standard InChI is InChI=1S/C22H17ClN2O2S/c1-28-18-10-6-15(7-11-18)22-19(21(26)16-3-2-12-24-13-16)20(25-27-22)14-4-8-17(23)9-5-14/h2-13,21,26H,1H3. The Balaban J connectivity index is 1.87. The summed E-state index contributed by atoms with van der Waals surface area (Å²) in [6.07, 6.45) is 4.41. The van der Waals surface area contributed by atoms with E-state index < -0.39 is 6.10 Å². The number of pyridine rings is 1. The third-order valence-electron chi connectivity index (χ3n) is 4.47. The second kappa shape index (κ2) is 8.19. The number of hydrogen-bond donors (Lipinski definition) is 1. The minimum Gasteiger partial charge on any atom is -0.383 e. The van der Waals surface area contributed by atoms with E-state index in [9.17, 15) is 5.11 Å². The number of aromatic nitrogens is 2. The summed E-state index contributed by atoms with van der Waals surface area (Å²) in [5, 5.41) is 16.1. The molecule has 1 N–H and O–H groups in total. The van der Waals surface area contributed by atoms with Crippen LogP contribution in [0, 0.1) is 0 Å². The van der Waals surface area contributed by atoms with Crippen molar-refractivity contribution >= 4 is 23.4 Å². The molecule has 0 aliphatic heterocycles. The summed E-state index contributed by atoms with van der Waals surface area (Å²) in [6, 6.07) is 18.9. The predicted molar refractivity (Wildman–Crippen MR) is 112 cm³/mol. The summed E-state index contributed by atoms with van der Waals surface area (Å²) in [5.41, 5.74) is 3.52. The maximum absolute atomic E-state index is 11.2. The van der Waals surface area contributed by atoms with E-state index in [2.05, 4.69) is 10.1 Å². The molecule has 6 heteroatoms. The lowest BCUT2D eigenvalue weighted by molar-refractivity contribution is 0.220. The van der Waals surface area contributed by atoms with E-state index in [1.165, 1.54) is 0 Å². The Morgan fingerprint density at radius 3 is 2.36 bits per heavy atom. The minimum atomic E-state index is -0.930. The number of aliphatic hydroxyl groups excluding tert-OH is 1. The molecule has 0 fully saturated rings. The van der Waals surface area contributed by atoms with Gasteiger partial charge >= 0.3 is 0 Å². The van der Waals surface area contributed by atoms with Gasteiger partial charge in [0.25, 0.3) is 0 Å². The number of aliphatic hydroxyl groups is 1. The van der Waals surface area contributed by atoms with E-state index in [0.717, 1.165) is 16.0 Å². The summed E-state index contributed by atoms with van der Waals surface area (Å²) in [6.45, 7) is 0. The fraction of sp³-hybridized carbons (Fsp3) is 0.0909. The Bertz CT molecular complexity index is 1060. The Labute approximate surface area is 172 Å². The van der Waals surface area contributed by atoms with E-state index in [1.54, 1.807) is 42.4 Å². The summed E-state index contributed by atoms with van der Waals surface area (Å²) < 4.78 is 5.71. The van der Waals surface area contributed by atoms with Crippen LogP contribution in [-0.2, 0) is 0 Å². The van der Waals surface area contributed by atoms with Gasteiger partial charge < -0.3 is 9.63 Å². The fourth-order valence-electron chi connectivity index (χ4n) is 3.02. The van der Waals surface area contributed by atoms with E-state index in [0.29, 0.717) is 27.6 Å². The van der Waals surface area contributed by atoms with E-state index in [4.69, 9.17) is 16.1 Å². The van der Waals surface area contributed by atoms with Crippen molar-refractivity contribution in [2.24, 2.45) is 0 Å². The number of halogens is 1. The number of benzene rings is 2. The monoisotopic (exact) mass is 408 g/mol. The summed E-state index contributed by atoms with van der Waals surface area (Å²) in [7, 11) is 0. The Morgan fingerprint density at radius 1 is 1.00 bits per heavy atom. The third-order valence-corrected chi connectivity index (χ3v) is 5.47. The van der Waals surface area contributed by atoms with Gasteiger partial charge in [-0.15, -0.1) is 11.8 Å². The molecule has 0 saturated carbocycles. The van der Waals surface area contributed by atoms with Crippen LogP contribution in [0.4, 0.5) is 0 Å². The normalized spacial score (nSPS) is 12.1. The maximum atomic E-state index is 11.2. The second-order valence-corrected chi connectivity index (χ2v) is 7.51. The number of rotatable bonds is 5. The first-order valence-electron chi connectivity index (χ1n) is 8.65. The van der Waals surface area contributed by atoms with Crippen LogP contribution in [0.15, 0.2) is 82.5 Å².